The average molecular weight is 739 g/mol. The van der Waals surface area contributed by atoms with Gasteiger partial charge in [0.1, 0.15) is 0 Å². The van der Waals surface area contributed by atoms with E-state index >= 15 is 0 Å². The van der Waals surface area contributed by atoms with E-state index < -0.39 is 0 Å². The van der Waals surface area contributed by atoms with E-state index in [-0.39, 0.29) is 16.2 Å². The molecule has 0 spiro atoms. The molecule has 0 bridgehead atoms. The van der Waals surface area contributed by atoms with Crippen molar-refractivity contribution in [1.29, 1.82) is 0 Å². The van der Waals surface area contributed by atoms with Crippen LogP contribution in [0.4, 0.5) is 0 Å². The Morgan fingerprint density at radius 2 is 1.04 bits per heavy atom. The molecule has 0 unspecified atom stereocenters. The summed E-state index contributed by atoms with van der Waals surface area (Å²) in [5.41, 5.74) is 16.9. The van der Waals surface area contributed by atoms with Gasteiger partial charge in [-0.25, -0.2) is 0 Å². The first-order valence-corrected chi connectivity index (χ1v) is 21.2. The summed E-state index contributed by atoms with van der Waals surface area (Å²) in [6.45, 7) is 18.8. The zero-order chi connectivity index (χ0) is 39.4. The Bertz CT molecular complexity index is 2930. The highest BCUT2D eigenvalue weighted by atomic mass is 14.4. The average Bonchev–Trinajstić information content (AvgIpc) is 3.45. The first-order chi connectivity index (χ1) is 27.3. The van der Waals surface area contributed by atoms with E-state index in [1.807, 2.05) is 0 Å². The third kappa shape index (κ3) is 5.78. The Hall–Kier alpha value is -5.46. The number of hydrogen-bond donors (Lipinski definition) is 0. The highest BCUT2D eigenvalue weighted by Crippen LogP contribution is 2.54. The predicted molar refractivity (Wildman–Crippen MR) is 248 cm³/mol. The van der Waals surface area contributed by atoms with E-state index in [2.05, 4.69) is 189 Å². The fraction of sp³-hybridized carbons (Fsp3) is 0.263. The standard InChI is InChI=1S/C57H54/c1-55(2,3)41-24-25-43-40(31-41)32-42(56(4,5)6)34-50(43)39-18-14-17-37(30-39)35-15-13-16-36(29-35)38-23-28-52-51(33-38)49-27-26-48-46-21-10-9-19-44(46)45-20-11-12-22-47(45)53(48)54(49)57(52,7)8/h9-12,16,18-34H,13-15,17H2,1-8H3. The summed E-state index contributed by atoms with van der Waals surface area (Å²) in [6, 6.07) is 42.2. The largest absolute Gasteiger partial charge is 0.0763 e. The zero-order valence-corrected chi connectivity index (χ0v) is 35.0. The Morgan fingerprint density at radius 3 is 1.70 bits per heavy atom. The van der Waals surface area contributed by atoms with E-state index in [9.17, 15) is 0 Å². The van der Waals surface area contributed by atoms with Crippen LogP contribution in [0.2, 0.25) is 0 Å². The summed E-state index contributed by atoms with van der Waals surface area (Å²) in [4.78, 5) is 0. The summed E-state index contributed by atoms with van der Waals surface area (Å²) in [6.07, 6.45) is 14.3. The second-order valence-electron chi connectivity index (χ2n) is 19.6. The van der Waals surface area contributed by atoms with Crippen LogP contribution in [-0.4, -0.2) is 0 Å². The summed E-state index contributed by atoms with van der Waals surface area (Å²) in [5.74, 6) is 0. The molecule has 282 valence electrons. The van der Waals surface area contributed by atoms with Gasteiger partial charge >= 0.3 is 0 Å². The Kier molecular flexibility index (Phi) is 8.05. The van der Waals surface area contributed by atoms with Crippen LogP contribution < -0.4 is 0 Å². The molecule has 0 fully saturated rings. The summed E-state index contributed by atoms with van der Waals surface area (Å²) >= 11 is 0. The number of allylic oxidation sites excluding steroid dienone is 8. The fourth-order valence-corrected chi connectivity index (χ4v) is 10.3. The molecule has 7 aromatic carbocycles. The van der Waals surface area contributed by atoms with Crippen LogP contribution >= 0.6 is 0 Å². The van der Waals surface area contributed by atoms with Gasteiger partial charge in [-0.05, 0) is 159 Å². The Balaban J connectivity index is 1.05. The molecule has 0 heterocycles. The van der Waals surface area contributed by atoms with Gasteiger partial charge in [0, 0.05) is 5.41 Å². The van der Waals surface area contributed by atoms with Crippen molar-refractivity contribution in [2.45, 2.75) is 97.3 Å². The van der Waals surface area contributed by atoms with Gasteiger partial charge < -0.3 is 0 Å². The molecule has 0 aromatic heterocycles. The van der Waals surface area contributed by atoms with Gasteiger partial charge in [0.25, 0.3) is 0 Å². The second kappa shape index (κ2) is 12.8. The highest BCUT2D eigenvalue weighted by Gasteiger charge is 2.38. The zero-order valence-electron chi connectivity index (χ0n) is 35.0. The molecule has 0 N–H and O–H groups in total. The third-order valence-corrected chi connectivity index (χ3v) is 13.5. The molecule has 0 saturated carbocycles. The summed E-state index contributed by atoms with van der Waals surface area (Å²) in [7, 11) is 0. The molecule has 0 amide bonds. The molecular formula is C57H54. The Morgan fingerprint density at radius 1 is 0.474 bits per heavy atom. The molecule has 10 rings (SSSR count). The van der Waals surface area contributed by atoms with Crippen molar-refractivity contribution in [2.24, 2.45) is 0 Å². The maximum Gasteiger partial charge on any atom is 0.0165 e. The van der Waals surface area contributed by atoms with Crippen LogP contribution in [0, 0.1) is 0 Å². The molecule has 0 radical (unpaired) electrons. The third-order valence-electron chi connectivity index (χ3n) is 13.5. The Labute approximate surface area is 339 Å². The van der Waals surface area contributed by atoms with Crippen LogP contribution in [0.25, 0.3) is 65.4 Å². The van der Waals surface area contributed by atoms with Gasteiger partial charge in [-0.2, -0.15) is 0 Å². The minimum atomic E-state index is -0.117. The lowest BCUT2D eigenvalue weighted by molar-refractivity contribution is 0.589. The minimum Gasteiger partial charge on any atom is -0.0763 e. The van der Waals surface area contributed by atoms with Crippen LogP contribution in [0.15, 0.2) is 145 Å². The normalized spacial score (nSPS) is 16.7. The van der Waals surface area contributed by atoms with Gasteiger partial charge in [-0.1, -0.05) is 177 Å². The van der Waals surface area contributed by atoms with Crippen LogP contribution in [0.5, 0.6) is 0 Å². The van der Waals surface area contributed by atoms with E-state index in [4.69, 9.17) is 0 Å². The van der Waals surface area contributed by atoms with E-state index in [0.29, 0.717) is 0 Å². The topological polar surface area (TPSA) is 0 Å². The first-order valence-electron chi connectivity index (χ1n) is 21.2. The van der Waals surface area contributed by atoms with Crippen molar-refractivity contribution in [1.82, 2.24) is 0 Å². The summed E-state index contributed by atoms with van der Waals surface area (Å²) in [5, 5.41) is 10.8. The lowest BCUT2D eigenvalue weighted by Crippen LogP contribution is -2.15. The van der Waals surface area contributed by atoms with Crippen LogP contribution in [0.3, 0.4) is 0 Å². The predicted octanol–water partition coefficient (Wildman–Crippen LogP) is 16.1. The van der Waals surface area contributed by atoms with Crippen molar-refractivity contribution in [3.05, 3.63) is 178 Å². The van der Waals surface area contributed by atoms with Crippen molar-refractivity contribution in [3.8, 4) is 11.1 Å². The maximum absolute atomic E-state index is 2.53. The van der Waals surface area contributed by atoms with Crippen molar-refractivity contribution < 1.29 is 0 Å². The van der Waals surface area contributed by atoms with E-state index in [1.165, 1.54) is 110 Å². The van der Waals surface area contributed by atoms with Gasteiger partial charge in [-0.15, -0.1) is 0 Å². The smallest absolute Gasteiger partial charge is 0.0165 e. The molecule has 0 aliphatic heterocycles. The van der Waals surface area contributed by atoms with Gasteiger partial charge in [0.15, 0.2) is 0 Å². The summed E-state index contributed by atoms with van der Waals surface area (Å²) < 4.78 is 0. The number of rotatable bonds is 3. The van der Waals surface area contributed by atoms with Crippen LogP contribution in [0.1, 0.15) is 114 Å². The number of hydrogen-bond acceptors (Lipinski definition) is 0. The SMILES string of the molecule is CC(C)(C)c1ccc2c(C3=CCCC(C4=CC(c5ccc6c(c5)-c5ccc7c8ccccc8c8ccccc8c7c5C6(C)C)=CCC4)=C3)cc(C(C)(C)C)cc2c1. The molecule has 3 aliphatic carbocycles. The van der Waals surface area contributed by atoms with Crippen molar-refractivity contribution in [2.75, 3.05) is 0 Å². The van der Waals surface area contributed by atoms with E-state index in [0.717, 1.165) is 25.7 Å². The fourth-order valence-electron chi connectivity index (χ4n) is 10.3. The molecule has 0 saturated heterocycles. The quantitative estimate of drug-likeness (QED) is 0.158. The highest BCUT2D eigenvalue weighted by molar-refractivity contribution is 6.27. The molecule has 3 aliphatic rings. The molecular weight excluding hydrogens is 685 g/mol. The molecule has 0 heteroatoms. The molecule has 0 atom stereocenters. The maximum atomic E-state index is 2.53. The van der Waals surface area contributed by atoms with Crippen LogP contribution in [-0.2, 0) is 16.2 Å². The molecule has 0 nitrogen and oxygen atoms in total. The number of benzene rings is 7. The monoisotopic (exact) mass is 738 g/mol. The second-order valence-corrected chi connectivity index (χ2v) is 19.6. The van der Waals surface area contributed by atoms with E-state index in [1.54, 1.807) is 0 Å². The first kappa shape index (κ1) is 35.9. The van der Waals surface area contributed by atoms with Gasteiger partial charge in [0.2, 0.25) is 0 Å². The lowest BCUT2D eigenvalue weighted by atomic mass is 9.78. The van der Waals surface area contributed by atoms with Gasteiger partial charge in [-0.3, -0.25) is 0 Å². The van der Waals surface area contributed by atoms with Crippen molar-refractivity contribution >= 4 is 54.2 Å². The molecule has 7 aromatic rings. The van der Waals surface area contributed by atoms with Crippen molar-refractivity contribution in [3.63, 3.8) is 0 Å². The lowest BCUT2D eigenvalue weighted by Gasteiger charge is -2.25. The van der Waals surface area contributed by atoms with Gasteiger partial charge in [0.05, 0.1) is 0 Å². The minimum absolute atomic E-state index is 0.0644. The molecule has 57 heavy (non-hydrogen) atoms. The number of fused-ring (bicyclic) bond motifs is 11.